The smallest absolute Gasteiger partial charge is 0.406 e. The van der Waals surface area contributed by atoms with Crippen molar-refractivity contribution in [2.24, 2.45) is 5.10 Å². The van der Waals surface area contributed by atoms with Crippen molar-refractivity contribution >= 4 is 29.0 Å². The van der Waals surface area contributed by atoms with Gasteiger partial charge in [0.05, 0.1) is 12.3 Å². The number of nitrogens with zero attached hydrogens (tertiary/aromatic N) is 5. The minimum absolute atomic E-state index is 0.183. The molecule has 1 aromatic heterocycles. The Morgan fingerprint density at radius 3 is 2.45 bits per heavy atom. The normalized spacial score (nSPS) is 16.2. The van der Waals surface area contributed by atoms with Crippen LogP contribution in [0, 0.1) is 0 Å². The van der Waals surface area contributed by atoms with Crippen molar-refractivity contribution in [3.63, 3.8) is 0 Å². The number of hydrogen-bond donors (Lipinski definition) is 1. The van der Waals surface area contributed by atoms with Gasteiger partial charge in [0.2, 0.25) is 0 Å². The van der Waals surface area contributed by atoms with Gasteiger partial charge in [-0.1, -0.05) is 23.7 Å². The third-order valence-corrected chi connectivity index (χ3v) is 4.61. The third-order valence-electron chi connectivity index (χ3n) is 4.36. The van der Waals surface area contributed by atoms with Gasteiger partial charge in [-0.15, -0.1) is 13.2 Å². The number of alkyl halides is 3. The second-order valence-corrected chi connectivity index (χ2v) is 6.90. The fourth-order valence-electron chi connectivity index (χ4n) is 3.00. The maximum Gasteiger partial charge on any atom is 0.573 e. The Bertz CT molecular complexity index is 1090. The summed E-state index contributed by atoms with van der Waals surface area (Å²) in [6, 6.07) is 10.9. The average Bonchev–Trinajstić information content (AvgIpc) is 3.38. The molecule has 2 amide bonds. The van der Waals surface area contributed by atoms with E-state index in [2.05, 4.69) is 25.2 Å². The molecule has 0 radical (unpaired) electrons. The van der Waals surface area contributed by atoms with Crippen LogP contribution in [-0.4, -0.2) is 44.4 Å². The van der Waals surface area contributed by atoms with Crippen LogP contribution in [0.15, 0.2) is 66.3 Å². The SMILES string of the molecule is O=C(Nc1ccc(OC(F)(F)F)cc1)N1CC(n2cncn2)C(c2ccc(Cl)cc2)=N1. The van der Waals surface area contributed by atoms with E-state index < -0.39 is 12.4 Å². The average molecular weight is 451 g/mol. The number of rotatable bonds is 4. The molecule has 1 aliphatic rings. The summed E-state index contributed by atoms with van der Waals surface area (Å²) in [7, 11) is 0. The lowest BCUT2D eigenvalue weighted by Crippen LogP contribution is -2.31. The largest absolute Gasteiger partial charge is 0.573 e. The summed E-state index contributed by atoms with van der Waals surface area (Å²) in [5.74, 6) is -0.388. The monoisotopic (exact) mass is 450 g/mol. The molecule has 0 saturated carbocycles. The van der Waals surface area contributed by atoms with E-state index in [4.69, 9.17) is 11.6 Å². The number of anilines is 1. The quantitative estimate of drug-likeness (QED) is 0.641. The molecular formula is C19H14ClF3N6O2. The molecule has 2 heterocycles. The van der Waals surface area contributed by atoms with Gasteiger partial charge in [0, 0.05) is 16.3 Å². The number of nitrogens with one attached hydrogen (secondary N) is 1. The van der Waals surface area contributed by atoms with Crippen molar-refractivity contribution in [1.29, 1.82) is 0 Å². The number of urea groups is 1. The molecule has 31 heavy (non-hydrogen) atoms. The summed E-state index contributed by atoms with van der Waals surface area (Å²) in [5.41, 5.74) is 1.63. The zero-order chi connectivity index (χ0) is 22.0. The van der Waals surface area contributed by atoms with E-state index in [0.717, 1.165) is 17.7 Å². The predicted octanol–water partition coefficient (Wildman–Crippen LogP) is 4.32. The molecule has 0 saturated heterocycles. The lowest BCUT2D eigenvalue weighted by Gasteiger charge is -2.16. The first kappa shape index (κ1) is 20.7. The Labute approximate surface area is 178 Å². The van der Waals surface area contributed by atoms with Crippen molar-refractivity contribution in [2.45, 2.75) is 12.4 Å². The Morgan fingerprint density at radius 2 is 1.84 bits per heavy atom. The van der Waals surface area contributed by atoms with E-state index in [1.807, 2.05) is 0 Å². The number of hydrazone groups is 1. The number of aromatic nitrogens is 3. The number of amides is 2. The molecule has 3 aromatic rings. The first-order valence-electron chi connectivity index (χ1n) is 8.91. The highest BCUT2D eigenvalue weighted by Crippen LogP contribution is 2.26. The van der Waals surface area contributed by atoms with Crippen LogP contribution in [0.2, 0.25) is 5.02 Å². The van der Waals surface area contributed by atoms with Gasteiger partial charge in [-0.05, 0) is 36.4 Å². The van der Waals surface area contributed by atoms with Crippen molar-refractivity contribution in [1.82, 2.24) is 19.8 Å². The zero-order valence-electron chi connectivity index (χ0n) is 15.6. The van der Waals surface area contributed by atoms with Gasteiger partial charge < -0.3 is 10.1 Å². The molecular weight excluding hydrogens is 437 g/mol. The molecule has 1 aliphatic heterocycles. The number of halogens is 4. The van der Waals surface area contributed by atoms with E-state index in [1.165, 1.54) is 29.8 Å². The van der Waals surface area contributed by atoms with E-state index in [0.29, 0.717) is 10.7 Å². The van der Waals surface area contributed by atoms with Crippen LogP contribution in [0.5, 0.6) is 5.75 Å². The van der Waals surface area contributed by atoms with Gasteiger partial charge in [0.25, 0.3) is 0 Å². The molecule has 2 aromatic carbocycles. The van der Waals surface area contributed by atoms with E-state index in [9.17, 15) is 18.0 Å². The van der Waals surface area contributed by atoms with Gasteiger partial charge in [0.1, 0.15) is 24.4 Å². The summed E-state index contributed by atoms with van der Waals surface area (Å²) < 4.78 is 42.2. The van der Waals surface area contributed by atoms with Crippen molar-refractivity contribution in [2.75, 3.05) is 11.9 Å². The molecule has 160 valence electrons. The minimum Gasteiger partial charge on any atom is -0.406 e. The van der Waals surface area contributed by atoms with Gasteiger partial charge in [-0.2, -0.15) is 10.2 Å². The summed E-state index contributed by atoms with van der Waals surface area (Å²) in [6.45, 7) is 0.183. The number of carbonyl (C=O) groups is 1. The second kappa shape index (κ2) is 8.26. The molecule has 12 heteroatoms. The Morgan fingerprint density at radius 1 is 1.13 bits per heavy atom. The Kier molecular flexibility index (Phi) is 5.51. The van der Waals surface area contributed by atoms with Crippen LogP contribution in [0.3, 0.4) is 0 Å². The standard InChI is InChI=1S/C19H14ClF3N6O2/c20-13-3-1-12(2-4-13)17-16(29-11-24-10-25-29)9-28(27-17)18(30)26-14-5-7-15(8-6-14)31-19(21,22)23/h1-8,10-11,16H,9H2,(H,26,30). The Hall–Kier alpha value is -3.60. The van der Waals surface area contributed by atoms with Crippen LogP contribution in [0.25, 0.3) is 0 Å². The predicted molar refractivity (Wildman–Crippen MR) is 106 cm³/mol. The number of carbonyl (C=O) groups excluding carboxylic acids is 1. The number of ether oxygens (including phenoxy) is 1. The van der Waals surface area contributed by atoms with Gasteiger partial charge in [-0.3, -0.25) is 0 Å². The second-order valence-electron chi connectivity index (χ2n) is 6.47. The first-order chi connectivity index (χ1) is 14.8. The maximum absolute atomic E-state index is 12.7. The topological polar surface area (TPSA) is 84.6 Å². The molecule has 1 unspecified atom stereocenters. The van der Waals surface area contributed by atoms with E-state index in [-0.39, 0.29) is 24.0 Å². The first-order valence-corrected chi connectivity index (χ1v) is 9.29. The van der Waals surface area contributed by atoms with Gasteiger partial charge in [-0.25, -0.2) is 19.5 Å². The highest BCUT2D eigenvalue weighted by molar-refractivity contribution is 6.30. The number of benzene rings is 2. The minimum atomic E-state index is -4.79. The molecule has 1 atom stereocenters. The Balaban J connectivity index is 1.52. The van der Waals surface area contributed by atoms with Gasteiger partial charge >= 0.3 is 12.4 Å². The van der Waals surface area contributed by atoms with E-state index >= 15 is 0 Å². The molecule has 1 N–H and O–H groups in total. The molecule has 4 rings (SSSR count). The third kappa shape index (κ3) is 4.94. The van der Waals surface area contributed by atoms with E-state index in [1.54, 1.807) is 28.9 Å². The highest BCUT2D eigenvalue weighted by atomic mass is 35.5. The fraction of sp³-hybridized carbons (Fsp3) is 0.158. The van der Waals surface area contributed by atoms with Crippen molar-refractivity contribution in [3.8, 4) is 5.75 Å². The van der Waals surface area contributed by atoms with Crippen LogP contribution >= 0.6 is 11.6 Å². The lowest BCUT2D eigenvalue weighted by atomic mass is 10.0. The fourth-order valence-corrected chi connectivity index (χ4v) is 3.13. The summed E-state index contributed by atoms with van der Waals surface area (Å²) in [4.78, 5) is 16.6. The van der Waals surface area contributed by atoms with Crippen LogP contribution in [0.4, 0.5) is 23.7 Å². The molecule has 0 aliphatic carbocycles. The molecule has 0 bridgehead atoms. The molecule has 0 fully saturated rings. The lowest BCUT2D eigenvalue weighted by molar-refractivity contribution is -0.274. The maximum atomic E-state index is 12.7. The number of hydrogen-bond acceptors (Lipinski definition) is 5. The zero-order valence-corrected chi connectivity index (χ0v) is 16.4. The summed E-state index contributed by atoms with van der Waals surface area (Å²) >= 11 is 5.96. The van der Waals surface area contributed by atoms with Crippen LogP contribution < -0.4 is 10.1 Å². The molecule has 8 nitrogen and oxygen atoms in total. The van der Waals surface area contributed by atoms with Crippen molar-refractivity contribution < 1.29 is 22.7 Å². The molecule has 0 spiro atoms. The van der Waals surface area contributed by atoms with Crippen molar-refractivity contribution in [3.05, 3.63) is 71.8 Å². The van der Waals surface area contributed by atoms with Crippen LogP contribution in [-0.2, 0) is 0 Å². The highest BCUT2D eigenvalue weighted by Gasteiger charge is 2.33. The summed E-state index contributed by atoms with van der Waals surface area (Å²) in [5, 5.41) is 12.9. The summed E-state index contributed by atoms with van der Waals surface area (Å²) in [6.07, 6.45) is -1.88. The van der Waals surface area contributed by atoms with Crippen LogP contribution in [0.1, 0.15) is 11.6 Å². The van der Waals surface area contributed by atoms with Gasteiger partial charge in [0.15, 0.2) is 0 Å².